The molecule has 0 atom stereocenters. The Labute approximate surface area is 111 Å². The Morgan fingerprint density at radius 3 is 2.68 bits per heavy atom. The summed E-state index contributed by atoms with van der Waals surface area (Å²) >= 11 is 0. The zero-order valence-electron chi connectivity index (χ0n) is 10.8. The highest BCUT2D eigenvalue weighted by Gasteiger charge is 2.23. The van der Waals surface area contributed by atoms with Gasteiger partial charge in [-0.25, -0.2) is 0 Å². The minimum absolute atomic E-state index is 0.0430. The lowest BCUT2D eigenvalue weighted by Crippen LogP contribution is -2.33. The number of carbonyl (C=O) groups excluding carboxylic acids is 1. The predicted molar refractivity (Wildman–Crippen MR) is 73.4 cm³/mol. The van der Waals surface area contributed by atoms with E-state index in [0.29, 0.717) is 23.7 Å². The molecule has 0 unspecified atom stereocenters. The van der Waals surface area contributed by atoms with E-state index in [0.717, 1.165) is 25.9 Å². The summed E-state index contributed by atoms with van der Waals surface area (Å²) < 4.78 is 0. The average Bonchev–Trinajstić information content (AvgIpc) is 2.40. The summed E-state index contributed by atoms with van der Waals surface area (Å²) in [7, 11) is 0. The number of rotatable bonds is 4. The molecule has 1 aromatic rings. The lowest BCUT2D eigenvalue weighted by atomic mass is 9.98. The van der Waals surface area contributed by atoms with E-state index >= 15 is 0 Å². The van der Waals surface area contributed by atoms with Crippen LogP contribution in [0.3, 0.4) is 0 Å². The minimum Gasteiger partial charge on any atom is -0.366 e. The molecule has 1 N–H and O–H groups in total. The third kappa shape index (κ3) is 3.01. The van der Waals surface area contributed by atoms with Crippen molar-refractivity contribution >= 4 is 23.5 Å². The Hall–Kier alpha value is -2.11. The van der Waals surface area contributed by atoms with Crippen LogP contribution in [0.25, 0.3) is 0 Å². The van der Waals surface area contributed by atoms with Crippen molar-refractivity contribution in [2.45, 2.75) is 19.8 Å². The van der Waals surface area contributed by atoms with Crippen molar-refractivity contribution in [2.75, 3.05) is 23.3 Å². The standard InChI is InChI=1S/C13H17N3O3/c1-10-4-6-15(7-5-10)12-3-2-11(14-9-17)8-13(12)16(18)19/h2-3,8-10H,4-7H2,1H3,(H,14,17). The molecule has 1 heterocycles. The second kappa shape index (κ2) is 5.69. The van der Waals surface area contributed by atoms with Gasteiger partial charge >= 0.3 is 0 Å². The molecule has 0 spiro atoms. The maximum Gasteiger partial charge on any atom is 0.294 e. The van der Waals surface area contributed by atoms with Gasteiger partial charge in [0.25, 0.3) is 5.69 Å². The molecule has 0 aliphatic carbocycles. The summed E-state index contributed by atoms with van der Waals surface area (Å²) in [5, 5.41) is 13.6. The van der Waals surface area contributed by atoms with Crippen LogP contribution < -0.4 is 10.2 Å². The molecule has 19 heavy (non-hydrogen) atoms. The van der Waals surface area contributed by atoms with Crippen LogP contribution in [0.2, 0.25) is 0 Å². The molecule has 0 bridgehead atoms. The van der Waals surface area contributed by atoms with Gasteiger partial charge in [-0.3, -0.25) is 14.9 Å². The number of carbonyl (C=O) groups is 1. The molecular weight excluding hydrogens is 246 g/mol. The number of nitrogens with one attached hydrogen (secondary N) is 1. The van der Waals surface area contributed by atoms with Gasteiger partial charge in [0.2, 0.25) is 6.41 Å². The molecule has 1 aliphatic rings. The summed E-state index contributed by atoms with van der Waals surface area (Å²) in [5.74, 6) is 0.673. The van der Waals surface area contributed by atoms with Crippen LogP contribution in [0.5, 0.6) is 0 Å². The molecule has 1 saturated heterocycles. The Kier molecular flexibility index (Phi) is 3.99. The van der Waals surface area contributed by atoms with Crippen molar-refractivity contribution in [1.82, 2.24) is 0 Å². The number of nitro benzene ring substituents is 1. The normalized spacial score (nSPS) is 16.2. The molecule has 1 aromatic carbocycles. The van der Waals surface area contributed by atoms with Gasteiger partial charge in [0, 0.05) is 24.8 Å². The zero-order chi connectivity index (χ0) is 13.8. The highest BCUT2D eigenvalue weighted by molar-refractivity contribution is 5.76. The second-order valence-corrected chi connectivity index (χ2v) is 4.89. The SMILES string of the molecule is CC1CCN(c2ccc(NC=O)cc2[N+](=O)[O-])CC1. The zero-order valence-corrected chi connectivity index (χ0v) is 10.8. The maximum atomic E-state index is 11.1. The first-order valence-electron chi connectivity index (χ1n) is 6.35. The Balaban J connectivity index is 2.28. The van der Waals surface area contributed by atoms with Crippen molar-refractivity contribution in [1.29, 1.82) is 0 Å². The van der Waals surface area contributed by atoms with Crippen LogP contribution in [0.1, 0.15) is 19.8 Å². The first-order valence-corrected chi connectivity index (χ1v) is 6.35. The molecule has 6 nitrogen and oxygen atoms in total. The smallest absolute Gasteiger partial charge is 0.294 e. The van der Waals surface area contributed by atoms with Crippen molar-refractivity contribution in [3.05, 3.63) is 28.3 Å². The van der Waals surface area contributed by atoms with Crippen LogP contribution in [0.4, 0.5) is 17.1 Å². The number of anilines is 2. The average molecular weight is 263 g/mol. The lowest BCUT2D eigenvalue weighted by molar-refractivity contribution is -0.384. The van der Waals surface area contributed by atoms with Gasteiger partial charge in [-0.2, -0.15) is 0 Å². The van der Waals surface area contributed by atoms with Gasteiger partial charge in [-0.15, -0.1) is 0 Å². The summed E-state index contributed by atoms with van der Waals surface area (Å²) in [6.45, 7) is 3.87. The molecule has 0 aromatic heterocycles. The fourth-order valence-electron chi connectivity index (χ4n) is 2.34. The van der Waals surface area contributed by atoms with E-state index in [-0.39, 0.29) is 5.69 Å². The molecule has 1 amide bonds. The van der Waals surface area contributed by atoms with Crippen LogP contribution in [0, 0.1) is 16.0 Å². The molecule has 0 saturated carbocycles. The Bertz CT molecular complexity index is 482. The van der Waals surface area contributed by atoms with Crippen molar-refractivity contribution < 1.29 is 9.72 Å². The number of hydrogen-bond acceptors (Lipinski definition) is 4. The number of nitrogens with zero attached hydrogens (tertiary/aromatic N) is 2. The van der Waals surface area contributed by atoms with Crippen LogP contribution in [-0.4, -0.2) is 24.4 Å². The number of piperidine rings is 1. The van der Waals surface area contributed by atoms with E-state index in [2.05, 4.69) is 12.2 Å². The fraction of sp³-hybridized carbons (Fsp3) is 0.462. The number of nitro groups is 1. The monoisotopic (exact) mass is 263 g/mol. The fourth-order valence-corrected chi connectivity index (χ4v) is 2.34. The van der Waals surface area contributed by atoms with Crippen LogP contribution in [0.15, 0.2) is 18.2 Å². The second-order valence-electron chi connectivity index (χ2n) is 4.89. The van der Waals surface area contributed by atoms with Gasteiger partial charge in [0.15, 0.2) is 0 Å². The topological polar surface area (TPSA) is 75.5 Å². The van der Waals surface area contributed by atoms with Gasteiger partial charge < -0.3 is 10.2 Å². The number of amides is 1. The lowest BCUT2D eigenvalue weighted by Gasteiger charge is -2.31. The maximum absolute atomic E-state index is 11.1. The third-order valence-corrected chi connectivity index (χ3v) is 3.52. The molecular formula is C13H17N3O3. The molecule has 1 aliphatic heterocycles. The third-order valence-electron chi connectivity index (χ3n) is 3.52. The molecule has 0 radical (unpaired) electrons. The van der Waals surface area contributed by atoms with Gasteiger partial charge in [-0.1, -0.05) is 6.92 Å². The van der Waals surface area contributed by atoms with E-state index < -0.39 is 4.92 Å². The Morgan fingerprint density at radius 1 is 1.42 bits per heavy atom. The summed E-state index contributed by atoms with van der Waals surface area (Å²) in [4.78, 5) is 23.2. The van der Waals surface area contributed by atoms with E-state index in [1.807, 2.05) is 4.90 Å². The van der Waals surface area contributed by atoms with Crippen LogP contribution >= 0.6 is 0 Å². The van der Waals surface area contributed by atoms with Gasteiger partial charge in [-0.05, 0) is 30.9 Å². The summed E-state index contributed by atoms with van der Waals surface area (Å²) in [6.07, 6.45) is 2.61. The first kappa shape index (κ1) is 13.3. The minimum atomic E-state index is -0.399. The highest BCUT2D eigenvalue weighted by Crippen LogP contribution is 2.33. The molecule has 1 fully saturated rings. The van der Waals surface area contributed by atoms with Crippen LogP contribution in [-0.2, 0) is 4.79 Å². The van der Waals surface area contributed by atoms with E-state index in [9.17, 15) is 14.9 Å². The predicted octanol–water partition coefficient (Wildman–Crippen LogP) is 2.40. The van der Waals surface area contributed by atoms with Crippen molar-refractivity contribution in [3.8, 4) is 0 Å². The summed E-state index contributed by atoms with van der Waals surface area (Å²) in [5.41, 5.74) is 1.12. The van der Waals surface area contributed by atoms with Gasteiger partial charge in [0.05, 0.1) is 4.92 Å². The Morgan fingerprint density at radius 2 is 2.11 bits per heavy atom. The quantitative estimate of drug-likeness (QED) is 0.514. The van der Waals surface area contributed by atoms with E-state index in [1.165, 1.54) is 6.07 Å². The highest BCUT2D eigenvalue weighted by atomic mass is 16.6. The summed E-state index contributed by atoms with van der Waals surface area (Å²) in [6, 6.07) is 4.80. The number of benzene rings is 1. The first-order chi connectivity index (χ1) is 9.11. The van der Waals surface area contributed by atoms with E-state index in [4.69, 9.17) is 0 Å². The number of hydrogen-bond donors (Lipinski definition) is 1. The molecule has 6 heteroatoms. The van der Waals surface area contributed by atoms with Crippen molar-refractivity contribution in [2.24, 2.45) is 5.92 Å². The van der Waals surface area contributed by atoms with E-state index in [1.54, 1.807) is 12.1 Å². The molecule has 102 valence electrons. The van der Waals surface area contributed by atoms with Crippen molar-refractivity contribution in [3.63, 3.8) is 0 Å². The largest absolute Gasteiger partial charge is 0.366 e. The van der Waals surface area contributed by atoms with Gasteiger partial charge in [0.1, 0.15) is 5.69 Å². The molecule has 2 rings (SSSR count).